The molecule has 0 fully saturated rings. The topological polar surface area (TPSA) is 92.3 Å². The van der Waals surface area contributed by atoms with Gasteiger partial charge >= 0.3 is 0 Å². The number of nitrogens with zero attached hydrogens (tertiary/aromatic N) is 3. The molecule has 0 aliphatic heterocycles. The number of carbonyl (C=O) groups excluding carboxylic acids is 1. The molecule has 1 atom stereocenters. The fraction of sp³-hybridized carbons (Fsp3) is 0.286. The molecule has 0 aliphatic carbocycles. The average Bonchev–Trinajstić information content (AvgIpc) is 3.16. The quantitative estimate of drug-likeness (QED) is 0.533. The van der Waals surface area contributed by atoms with Crippen LogP contribution in [0.25, 0.3) is 10.6 Å². The van der Waals surface area contributed by atoms with E-state index < -0.39 is 22.0 Å². The Morgan fingerprint density at radius 3 is 2.42 bits per heavy atom. The minimum atomic E-state index is -3.76. The molecule has 2 aromatic carbocycles. The molecule has 0 spiro atoms. The van der Waals surface area contributed by atoms with Crippen molar-refractivity contribution in [3.63, 3.8) is 0 Å². The monoisotopic (exact) mass is 478 g/mol. The smallest absolute Gasteiger partial charge is 0.250 e. The van der Waals surface area contributed by atoms with Crippen LogP contribution in [-0.4, -0.2) is 36.8 Å². The van der Waals surface area contributed by atoms with E-state index in [-0.39, 0.29) is 6.42 Å². The Kier molecular flexibility index (Phi) is 6.98. The summed E-state index contributed by atoms with van der Waals surface area (Å²) in [5, 5.41) is 12.3. The number of hydrogen-bond acceptors (Lipinski definition) is 6. The lowest BCUT2D eigenvalue weighted by atomic mass is 10.1. The zero-order valence-corrected chi connectivity index (χ0v) is 20.0. The van der Waals surface area contributed by atoms with E-state index in [1.165, 1.54) is 11.3 Å². The summed E-state index contributed by atoms with van der Waals surface area (Å²) in [6.45, 7) is 5.56. The summed E-state index contributed by atoms with van der Waals surface area (Å²) in [5.41, 5.74) is 3.17. The highest BCUT2D eigenvalue weighted by molar-refractivity contribution is 7.92. The molecule has 0 saturated carbocycles. The number of hydrogen-bond donors (Lipinski definition) is 1. The number of amides is 1. The van der Waals surface area contributed by atoms with Crippen molar-refractivity contribution in [1.82, 2.24) is 10.2 Å². The molecule has 1 unspecified atom stereocenters. The van der Waals surface area contributed by atoms with Crippen molar-refractivity contribution in [2.24, 2.45) is 0 Å². The van der Waals surface area contributed by atoms with Crippen LogP contribution < -0.4 is 9.62 Å². The van der Waals surface area contributed by atoms with Crippen LogP contribution in [0.2, 0.25) is 5.02 Å². The molecule has 0 radical (unpaired) electrons. The van der Waals surface area contributed by atoms with Crippen molar-refractivity contribution < 1.29 is 13.2 Å². The van der Waals surface area contributed by atoms with Gasteiger partial charge in [0.1, 0.15) is 11.0 Å². The van der Waals surface area contributed by atoms with Crippen molar-refractivity contribution in [3.05, 3.63) is 58.6 Å². The standard InChI is InChI=1S/C21H23ClN4O3S2/c1-5-18(26(31(4,28)29)16-11-8-14(3)17(22)12-16)19(27)23-21-25-24-20(30-21)15-9-6-13(2)7-10-15/h6-12,18H,5H2,1-4H3,(H,23,25,27). The fourth-order valence-corrected chi connectivity index (χ4v) is 5.18. The van der Waals surface area contributed by atoms with E-state index in [9.17, 15) is 13.2 Å². The summed E-state index contributed by atoms with van der Waals surface area (Å²) >= 11 is 7.42. The minimum absolute atomic E-state index is 0.258. The average molecular weight is 479 g/mol. The Hall–Kier alpha value is -2.49. The maximum Gasteiger partial charge on any atom is 0.250 e. The summed E-state index contributed by atoms with van der Waals surface area (Å²) in [5.74, 6) is -0.490. The number of benzene rings is 2. The van der Waals surface area contributed by atoms with Gasteiger partial charge in [-0.2, -0.15) is 0 Å². The van der Waals surface area contributed by atoms with Crippen molar-refractivity contribution in [3.8, 4) is 10.6 Å². The van der Waals surface area contributed by atoms with Gasteiger partial charge in [-0.25, -0.2) is 8.42 Å². The molecule has 1 N–H and O–H groups in total. The lowest BCUT2D eigenvalue weighted by molar-refractivity contribution is -0.117. The number of aryl methyl sites for hydroxylation is 2. The number of carbonyl (C=O) groups is 1. The maximum absolute atomic E-state index is 13.0. The molecule has 1 aromatic heterocycles. The van der Waals surface area contributed by atoms with Crippen molar-refractivity contribution in [2.75, 3.05) is 15.9 Å². The second-order valence-corrected chi connectivity index (χ2v) is 10.4. The highest BCUT2D eigenvalue weighted by Crippen LogP contribution is 2.30. The summed E-state index contributed by atoms with van der Waals surface area (Å²) in [6.07, 6.45) is 1.32. The van der Waals surface area contributed by atoms with Crippen LogP contribution in [0.3, 0.4) is 0 Å². The SMILES string of the molecule is CCC(C(=O)Nc1nnc(-c2ccc(C)cc2)s1)N(c1ccc(C)c(Cl)c1)S(C)(=O)=O. The number of rotatable bonds is 7. The Balaban J connectivity index is 1.87. The molecule has 0 saturated heterocycles. The number of halogens is 1. The van der Waals surface area contributed by atoms with E-state index >= 15 is 0 Å². The highest BCUT2D eigenvalue weighted by Gasteiger charge is 2.32. The number of aromatic nitrogens is 2. The predicted molar refractivity (Wildman–Crippen MR) is 126 cm³/mol. The second-order valence-electron chi connectivity index (χ2n) is 7.18. The van der Waals surface area contributed by atoms with Crippen LogP contribution in [0, 0.1) is 13.8 Å². The Bertz CT molecular complexity index is 1190. The maximum atomic E-state index is 13.0. The molecular formula is C21H23ClN4O3S2. The highest BCUT2D eigenvalue weighted by atomic mass is 35.5. The number of anilines is 2. The normalized spacial score (nSPS) is 12.4. The van der Waals surface area contributed by atoms with E-state index in [0.29, 0.717) is 20.8 Å². The molecule has 3 rings (SSSR count). The van der Waals surface area contributed by atoms with E-state index in [1.54, 1.807) is 25.1 Å². The van der Waals surface area contributed by atoms with Gasteiger partial charge in [-0.3, -0.25) is 14.4 Å². The van der Waals surface area contributed by atoms with Gasteiger partial charge in [0.15, 0.2) is 0 Å². The molecule has 0 bridgehead atoms. The summed E-state index contributed by atoms with van der Waals surface area (Å²) in [4.78, 5) is 13.0. The summed E-state index contributed by atoms with van der Waals surface area (Å²) in [6, 6.07) is 11.7. The van der Waals surface area contributed by atoms with E-state index in [1.807, 2.05) is 38.1 Å². The second kappa shape index (κ2) is 9.33. The van der Waals surface area contributed by atoms with Gasteiger partial charge in [0, 0.05) is 10.6 Å². The van der Waals surface area contributed by atoms with E-state index in [0.717, 1.165) is 27.3 Å². The van der Waals surface area contributed by atoms with Gasteiger partial charge in [-0.1, -0.05) is 65.8 Å². The predicted octanol–water partition coefficient (Wildman–Crippen LogP) is 4.66. The molecular weight excluding hydrogens is 456 g/mol. The zero-order chi connectivity index (χ0) is 22.8. The lowest BCUT2D eigenvalue weighted by Crippen LogP contribution is -2.47. The molecule has 164 valence electrons. The third-order valence-corrected chi connectivity index (χ3v) is 7.17. The number of nitrogens with one attached hydrogen (secondary N) is 1. The van der Waals surface area contributed by atoms with Gasteiger partial charge in [-0.05, 0) is 38.0 Å². The first-order chi connectivity index (χ1) is 14.6. The molecule has 0 aliphatic rings. The van der Waals surface area contributed by atoms with E-state index in [2.05, 4.69) is 15.5 Å². The van der Waals surface area contributed by atoms with Crippen molar-refractivity contribution >= 4 is 49.7 Å². The van der Waals surface area contributed by atoms with Crippen LogP contribution in [0.5, 0.6) is 0 Å². The molecule has 3 aromatic rings. The van der Waals surface area contributed by atoms with Gasteiger partial charge in [0.2, 0.25) is 21.1 Å². The third-order valence-electron chi connectivity index (χ3n) is 4.69. The first kappa shape index (κ1) is 23.2. The zero-order valence-electron chi connectivity index (χ0n) is 17.6. The minimum Gasteiger partial charge on any atom is -0.299 e. The Labute approximate surface area is 191 Å². The Morgan fingerprint density at radius 2 is 1.84 bits per heavy atom. The van der Waals surface area contributed by atoms with Crippen molar-refractivity contribution in [1.29, 1.82) is 0 Å². The summed E-state index contributed by atoms with van der Waals surface area (Å²) in [7, 11) is -3.76. The van der Waals surface area contributed by atoms with Crippen LogP contribution in [0.1, 0.15) is 24.5 Å². The number of sulfonamides is 1. The van der Waals surface area contributed by atoms with Crippen LogP contribution in [0.4, 0.5) is 10.8 Å². The van der Waals surface area contributed by atoms with Crippen LogP contribution in [-0.2, 0) is 14.8 Å². The summed E-state index contributed by atoms with van der Waals surface area (Å²) < 4.78 is 26.3. The lowest BCUT2D eigenvalue weighted by Gasteiger charge is -2.30. The van der Waals surface area contributed by atoms with Gasteiger partial charge < -0.3 is 0 Å². The first-order valence-corrected chi connectivity index (χ1v) is 12.6. The Morgan fingerprint density at radius 1 is 1.16 bits per heavy atom. The van der Waals surface area contributed by atoms with Gasteiger partial charge in [-0.15, -0.1) is 10.2 Å². The van der Waals surface area contributed by atoms with E-state index in [4.69, 9.17) is 11.6 Å². The first-order valence-electron chi connectivity index (χ1n) is 9.57. The fourth-order valence-electron chi connectivity index (χ4n) is 3.05. The molecule has 7 nitrogen and oxygen atoms in total. The van der Waals surface area contributed by atoms with Gasteiger partial charge in [0.25, 0.3) is 0 Å². The van der Waals surface area contributed by atoms with Gasteiger partial charge in [0.05, 0.1) is 11.9 Å². The largest absolute Gasteiger partial charge is 0.299 e. The molecule has 31 heavy (non-hydrogen) atoms. The molecule has 1 heterocycles. The van der Waals surface area contributed by atoms with Crippen LogP contribution >= 0.6 is 22.9 Å². The third kappa shape index (κ3) is 5.41. The van der Waals surface area contributed by atoms with Crippen molar-refractivity contribution in [2.45, 2.75) is 33.2 Å². The molecule has 1 amide bonds. The van der Waals surface area contributed by atoms with Crippen LogP contribution in [0.15, 0.2) is 42.5 Å². The molecule has 10 heteroatoms.